The molecule has 0 aromatic heterocycles. The minimum Gasteiger partial charge on any atom is -0.465 e. The SMILES string of the molecule is CCOC(=O)C1(N)C(c2ccc(F)cc2)C1S(C)(=O)=O. The van der Waals surface area contributed by atoms with Gasteiger partial charge in [-0.2, -0.15) is 0 Å². The molecule has 1 aliphatic rings. The van der Waals surface area contributed by atoms with E-state index in [-0.39, 0.29) is 6.61 Å². The van der Waals surface area contributed by atoms with Crippen LogP contribution in [0.15, 0.2) is 24.3 Å². The van der Waals surface area contributed by atoms with Crippen LogP contribution < -0.4 is 5.73 Å². The van der Waals surface area contributed by atoms with Crippen molar-refractivity contribution in [3.63, 3.8) is 0 Å². The van der Waals surface area contributed by atoms with Crippen LogP contribution in [-0.2, 0) is 19.4 Å². The van der Waals surface area contributed by atoms with Gasteiger partial charge in [0.1, 0.15) is 11.4 Å². The zero-order valence-corrected chi connectivity index (χ0v) is 12.0. The summed E-state index contributed by atoms with van der Waals surface area (Å²) in [7, 11) is -3.53. The summed E-state index contributed by atoms with van der Waals surface area (Å²) in [5, 5.41) is -1.04. The molecule has 0 radical (unpaired) electrons. The van der Waals surface area contributed by atoms with Gasteiger partial charge in [0.05, 0.1) is 11.9 Å². The van der Waals surface area contributed by atoms with Crippen molar-refractivity contribution < 1.29 is 22.3 Å². The molecule has 5 nitrogen and oxygen atoms in total. The Labute approximate surface area is 116 Å². The van der Waals surface area contributed by atoms with Crippen LogP contribution >= 0.6 is 0 Å². The van der Waals surface area contributed by atoms with Gasteiger partial charge in [-0.1, -0.05) is 12.1 Å². The van der Waals surface area contributed by atoms with Crippen LogP contribution in [-0.4, -0.2) is 38.0 Å². The van der Waals surface area contributed by atoms with Gasteiger partial charge in [0.25, 0.3) is 0 Å². The maximum atomic E-state index is 12.9. The summed E-state index contributed by atoms with van der Waals surface area (Å²) < 4.78 is 41.4. The lowest BCUT2D eigenvalue weighted by Crippen LogP contribution is -2.41. The molecule has 3 atom stereocenters. The molecule has 20 heavy (non-hydrogen) atoms. The van der Waals surface area contributed by atoms with E-state index in [2.05, 4.69) is 0 Å². The Morgan fingerprint density at radius 3 is 2.40 bits per heavy atom. The Morgan fingerprint density at radius 1 is 1.40 bits per heavy atom. The summed E-state index contributed by atoms with van der Waals surface area (Å²) in [5.41, 5.74) is 4.89. The standard InChI is InChI=1S/C13H16FNO4S/c1-3-19-12(16)13(15)10(11(13)20(2,17)18)8-4-6-9(14)7-5-8/h4-7,10-11H,3,15H2,1-2H3. The first-order valence-corrected chi connectivity index (χ1v) is 8.08. The second-order valence-electron chi connectivity index (χ2n) is 4.93. The van der Waals surface area contributed by atoms with Gasteiger partial charge in [0.2, 0.25) is 0 Å². The van der Waals surface area contributed by atoms with Gasteiger partial charge in [-0.05, 0) is 24.6 Å². The van der Waals surface area contributed by atoms with Crippen LogP contribution in [0.3, 0.4) is 0 Å². The van der Waals surface area contributed by atoms with Gasteiger partial charge in [-0.25, -0.2) is 17.6 Å². The average Bonchev–Trinajstić information content (AvgIpc) is 2.99. The molecule has 1 aromatic carbocycles. The van der Waals surface area contributed by atoms with Crippen LogP contribution in [0.1, 0.15) is 18.4 Å². The fourth-order valence-corrected chi connectivity index (χ4v) is 4.35. The van der Waals surface area contributed by atoms with Crippen molar-refractivity contribution in [1.29, 1.82) is 0 Å². The number of carbonyl (C=O) groups excluding carboxylic acids is 1. The molecule has 1 saturated carbocycles. The highest BCUT2D eigenvalue weighted by Gasteiger charge is 2.73. The predicted octanol–water partition coefficient (Wildman–Crippen LogP) is 0.597. The van der Waals surface area contributed by atoms with E-state index in [9.17, 15) is 17.6 Å². The van der Waals surface area contributed by atoms with Crippen molar-refractivity contribution in [2.45, 2.75) is 23.6 Å². The average molecular weight is 301 g/mol. The fraction of sp³-hybridized carbons (Fsp3) is 0.462. The minimum atomic E-state index is -3.53. The molecule has 110 valence electrons. The molecule has 1 aromatic rings. The van der Waals surface area contributed by atoms with Crippen LogP contribution in [0.4, 0.5) is 4.39 Å². The zero-order valence-electron chi connectivity index (χ0n) is 11.2. The molecule has 0 bridgehead atoms. The zero-order chi connectivity index (χ0) is 15.1. The summed E-state index contributed by atoms with van der Waals surface area (Å²) in [6.45, 7) is 1.73. The summed E-state index contributed by atoms with van der Waals surface area (Å²) in [4.78, 5) is 11.9. The van der Waals surface area contributed by atoms with Crippen molar-refractivity contribution in [2.75, 3.05) is 12.9 Å². The van der Waals surface area contributed by atoms with E-state index < -0.39 is 38.3 Å². The summed E-state index contributed by atoms with van der Waals surface area (Å²) in [5.74, 6) is -1.90. The highest BCUT2D eigenvalue weighted by atomic mass is 32.2. The first-order valence-electron chi connectivity index (χ1n) is 6.13. The highest BCUT2D eigenvalue weighted by molar-refractivity contribution is 7.91. The number of carbonyl (C=O) groups is 1. The number of benzene rings is 1. The third kappa shape index (κ3) is 2.31. The Morgan fingerprint density at radius 2 is 1.95 bits per heavy atom. The van der Waals surface area contributed by atoms with Crippen molar-refractivity contribution >= 4 is 15.8 Å². The molecule has 0 amide bonds. The van der Waals surface area contributed by atoms with E-state index in [4.69, 9.17) is 10.5 Å². The summed E-state index contributed by atoms with van der Waals surface area (Å²) >= 11 is 0. The molecule has 0 spiro atoms. The summed E-state index contributed by atoms with van der Waals surface area (Å²) in [6, 6.07) is 5.29. The van der Waals surface area contributed by atoms with E-state index in [1.807, 2.05) is 0 Å². The van der Waals surface area contributed by atoms with Crippen molar-refractivity contribution in [3.8, 4) is 0 Å². The molecule has 3 unspecified atom stereocenters. The number of sulfone groups is 1. The van der Waals surface area contributed by atoms with Gasteiger partial charge >= 0.3 is 5.97 Å². The number of hydrogen-bond donors (Lipinski definition) is 1. The molecule has 2 rings (SSSR count). The van der Waals surface area contributed by atoms with Gasteiger partial charge < -0.3 is 10.5 Å². The highest BCUT2D eigenvalue weighted by Crippen LogP contribution is 2.54. The lowest BCUT2D eigenvalue weighted by atomic mass is 10.1. The monoisotopic (exact) mass is 301 g/mol. The van der Waals surface area contributed by atoms with Crippen molar-refractivity contribution in [3.05, 3.63) is 35.6 Å². The van der Waals surface area contributed by atoms with E-state index in [0.717, 1.165) is 6.26 Å². The fourth-order valence-electron chi connectivity index (χ4n) is 2.60. The number of rotatable bonds is 4. The van der Waals surface area contributed by atoms with Crippen LogP contribution in [0, 0.1) is 5.82 Å². The Kier molecular flexibility index (Phi) is 3.60. The van der Waals surface area contributed by atoms with Gasteiger partial charge in [-0.3, -0.25) is 0 Å². The first-order chi connectivity index (χ1) is 9.22. The number of nitrogens with two attached hydrogens (primary N) is 1. The predicted molar refractivity (Wildman–Crippen MR) is 71.3 cm³/mol. The molecule has 1 aliphatic carbocycles. The normalized spacial score (nSPS) is 29.0. The molecule has 0 heterocycles. The number of esters is 1. The second-order valence-corrected chi connectivity index (χ2v) is 7.10. The maximum Gasteiger partial charge on any atom is 0.328 e. The molecule has 0 aliphatic heterocycles. The maximum absolute atomic E-state index is 12.9. The molecule has 2 N–H and O–H groups in total. The Bertz CT molecular complexity index is 628. The lowest BCUT2D eigenvalue weighted by Gasteiger charge is -2.10. The first kappa shape index (κ1) is 14.9. The van der Waals surface area contributed by atoms with Crippen LogP contribution in [0.25, 0.3) is 0 Å². The number of hydrogen-bond acceptors (Lipinski definition) is 5. The van der Waals surface area contributed by atoms with Gasteiger partial charge in [0.15, 0.2) is 9.84 Å². The Balaban J connectivity index is 2.41. The summed E-state index contributed by atoms with van der Waals surface area (Å²) in [6.07, 6.45) is 1.03. The number of halogens is 1. The third-order valence-electron chi connectivity index (χ3n) is 3.50. The molecule has 7 heteroatoms. The molecule has 1 fully saturated rings. The second kappa shape index (κ2) is 4.82. The molecular formula is C13H16FNO4S. The Hall–Kier alpha value is -1.47. The molecular weight excluding hydrogens is 285 g/mol. The quantitative estimate of drug-likeness (QED) is 0.823. The van der Waals surface area contributed by atoms with Crippen LogP contribution in [0.5, 0.6) is 0 Å². The van der Waals surface area contributed by atoms with Gasteiger partial charge in [0, 0.05) is 12.2 Å². The van der Waals surface area contributed by atoms with Crippen molar-refractivity contribution in [1.82, 2.24) is 0 Å². The smallest absolute Gasteiger partial charge is 0.328 e. The van der Waals surface area contributed by atoms with Crippen molar-refractivity contribution in [2.24, 2.45) is 5.73 Å². The lowest BCUT2D eigenvalue weighted by molar-refractivity contribution is -0.145. The number of ether oxygens (including phenoxy) is 1. The topological polar surface area (TPSA) is 86.5 Å². The third-order valence-corrected chi connectivity index (χ3v) is 5.08. The van der Waals surface area contributed by atoms with E-state index in [1.54, 1.807) is 6.92 Å². The van der Waals surface area contributed by atoms with Gasteiger partial charge in [-0.15, -0.1) is 0 Å². The molecule has 0 saturated heterocycles. The van der Waals surface area contributed by atoms with E-state index in [1.165, 1.54) is 24.3 Å². The van der Waals surface area contributed by atoms with Crippen LogP contribution in [0.2, 0.25) is 0 Å². The minimum absolute atomic E-state index is 0.115. The van der Waals surface area contributed by atoms with E-state index >= 15 is 0 Å². The van der Waals surface area contributed by atoms with E-state index in [0.29, 0.717) is 5.56 Å². The largest absolute Gasteiger partial charge is 0.465 e.